The summed E-state index contributed by atoms with van der Waals surface area (Å²) in [7, 11) is -3.45. The maximum Gasteiger partial charge on any atom is 0.240 e. The van der Waals surface area contributed by atoms with Crippen molar-refractivity contribution in [1.29, 1.82) is 0 Å². The monoisotopic (exact) mass is 280 g/mol. The standard InChI is InChI=1S/C13H16N2O3S/c1-10-13(18-11(2)15-10)8-9-14-19(16,17)12-6-4-3-5-7-12/h3-7,14H,8-9H2,1-2H3. The summed E-state index contributed by atoms with van der Waals surface area (Å²) < 4.78 is 31.8. The van der Waals surface area contributed by atoms with Crippen LogP contribution in [0.4, 0.5) is 0 Å². The van der Waals surface area contributed by atoms with E-state index >= 15 is 0 Å². The molecule has 1 N–H and O–H groups in total. The molecule has 2 aromatic rings. The first kappa shape index (κ1) is 13.8. The van der Waals surface area contributed by atoms with Gasteiger partial charge in [-0.3, -0.25) is 0 Å². The highest BCUT2D eigenvalue weighted by atomic mass is 32.2. The van der Waals surface area contributed by atoms with Crippen molar-refractivity contribution in [3.05, 3.63) is 47.7 Å². The van der Waals surface area contributed by atoms with E-state index < -0.39 is 10.0 Å². The van der Waals surface area contributed by atoms with Crippen molar-refractivity contribution >= 4 is 10.0 Å². The van der Waals surface area contributed by atoms with Gasteiger partial charge in [0.25, 0.3) is 0 Å². The topological polar surface area (TPSA) is 72.2 Å². The minimum Gasteiger partial charge on any atom is -0.446 e. The fourth-order valence-electron chi connectivity index (χ4n) is 1.79. The highest BCUT2D eigenvalue weighted by Crippen LogP contribution is 2.11. The summed E-state index contributed by atoms with van der Waals surface area (Å²) in [6.45, 7) is 3.90. The van der Waals surface area contributed by atoms with Crippen LogP contribution >= 0.6 is 0 Å². The molecule has 0 amide bonds. The van der Waals surface area contributed by atoms with E-state index in [0.29, 0.717) is 18.1 Å². The molecule has 0 aliphatic rings. The minimum atomic E-state index is -3.45. The van der Waals surface area contributed by atoms with Gasteiger partial charge in [-0.15, -0.1) is 0 Å². The third-order valence-electron chi connectivity index (χ3n) is 2.70. The van der Waals surface area contributed by atoms with Crippen LogP contribution < -0.4 is 4.72 Å². The Labute approximate surface area is 112 Å². The average molecular weight is 280 g/mol. The van der Waals surface area contributed by atoms with Crippen molar-refractivity contribution < 1.29 is 12.8 Å². The summed E-state index contributed by atoms with van der Waals surface area (Å²) in [5, 5.41) is 0. The van der Waals surface area contributed by atoms with Gasteiger partial charge < -0.3 is 4.42 Å². The summed E-state index contributed by atoms with van der Waals surface area (Å²) >= 11 is 0. The molecule has 5 nitrogen and oxygen atoms in total. The van der Waals surface area contributed by atoms with Crippen LogP contribution in [0.2, 0.25) is 0 Å². The fraction of sp³-hybridized carbons (Fsp3) is 0.308. The van der Waals surface area contributed by atoms with Crippen LogP contribution in [0.15, 0.2) is 39.6 Å². The van der Waals surface area contributed by atoms with Crippen LogP contribution in [0.3, 0.4) is 0 Å². The predicted octanol–water partition coefficient (Wildman–Crippen LogP) is 1.81. The van der Waals surface area contributed by atoms with Crippen LogP contribution in [-0.2, 0) is 16.4 Å². The number of nitrogens with zero attached hydrogens (tertiary/aromatic N) is 1. The van der Waals surface area contributed by atoms with Crippen molar-refractivity contribution in [2.75, 3.05) is 6.54 Å². The van der Waals surface area contributed by atoms with E-state index in [9.17, 15) is 8.42 Å². The number of hydrogen-bond acceptors (Lipinski definition) is 4. The summed E-state index contributed by atoms with van der Waals surface area (Å²) in [4.78, 5) is 4.40. The predicted molar refractivity (Wildman–Crippen MR) is 71.3 cm³/mol. The zero-order chi connectivity index (χ0) is 13.9. The Kier molecular flexibility index (Phi) is 4.01. The van der Waals surface area contributed by atoms with E-state index in [0.717, 1.165) is 5.69 Å². The van der Waals surface area contributed by atoms with Crippen LogP contribution in [0.25, 0.3) is 0 Å². The molecule has 1 aromatic carbocycles. The molecule has 102 valence electrons. The van der Waals surface area contributed by atoms with Gasteiger partial charge in [0.05, 0.1) is 10.6 Å². The molecule has 1 aromatic heterocycles. The van der Waals surface area contributed by atoms with Crippen LogP contribution in [0, 0.1) is 13.8 Å². The van der Waals surface area contributed by atoms with Crippen molar-refractivity contribution in [3.8, 4) is 0 Å². The molecule has 2 rings (SSSR count). The Bertz CT molecular complexity index is 648. The Morgan fingerprint density at radius 1 is 1.21 bits per heavy atom. The van der Waals surface area contributed by atoms with Gasteiger partial charge in [0, 0.05) is 19.9 Å². The number of rotatable bonds is 5. The van der Waals surface area contributed by atoms with Crippen molar-refractivity contribution in [2.45, 2.75) is 25.2 Å². The zero-order valence-electron chi connectivity index (χ0n) is 10.9. The molecule has 0 saturated carbocycles. The van der Waals surface area contributed by atoms with Gasteiger partial charge in [-0.1, -0.05) is 18.2 Å². The van der Waals surface area contributed by atoms with Gasteiger partial charge in [0.1, 0.15) is 5.76 Å². The van der Waals surface area contributed by atoms with E-state index in [1.807, 2.05) is 6.92 Å². The highest BCUT2D eigenvalue weighted by Gasteiger charge is 2.13. The van der Waals surface area contributed by atoms with Crippen molar-refractivity contribution in [2.24, 2.45) is 0 Å². The summed E-state index contributed by atoms with van der Waals surface area (Å²) in [5.74, 6) is 1.31. The van der Waals surface area contributed by atoms with Gasteiger partial charge in [-0.2, -0.15) is 0 Å². The molecule has 19 heavy (non-hydrogen) atoms. The normalized spacial score (nSPS) is 11.7. The summed E-state index contributed by atoms with van der Waals surface area (Å²) in [6, 6.07) is 8.29. The number of benzene rings is 1. The molecule has 0 unspecified atom stereocenters. The molecular weight excluding hydrogens is 264 g/mol. The number of oxazole rings is 1. The highest BCUT2D eigenvalue weighted by molar-refractivity contribution is 7.89. The molecular formula is C13H16N2O3S. The van der Waals surface area contributed by atoms with Gasteiger partial charge in [0.15, 0.2) is 5.89 Å². The SMILES string of the molecule is Cc1nc(C)c(CCNS(=O)(=O)c2ccccc2)o1. The quantitative estimate of drug-likeness (QED) is 0.906. The molecule has 0 atom stereocenters. The maximum atomic E-state index is 12.0. The summed E-state index contributed by atoms with van der Waals surface area (Å²) in [6.07, 6.45) is 0.485. The first-order valence-corrected chi connectivity index (χ1v) is 7.45. The third kappa shape index (κ3) is 3.42. The Morgan fingerprint density at radius 2 is 1.89 bits per heavy atom. The fourth-order valence-corrected chi connectivity index (χ4v) is 2.84. The van der Waals surface area contributed by atoms with E-state index in [2.05, 4.69) is 9.71 Å². The van der Waals surface area contributed by atoms with Gasteiger partial charge in [0.2, 0.25) is 10.0 Å². The van der Waals surface area contributed by atoms with Crippen LogP contribution in [0.5, 0.6) is 0 Å². The number of hydrogen-bond donors (Lipinski definition) is 1. The van der Waals surface area contributed by atoms with E-state index in [4.69, 9.17) is 4.42 Å². The van der Waals surface area contributed by atoms with E-state index in [1.54, 1.807) is 37.3 Å². The first-order chi connectivity index (χ1) is 8.99. The van der Waals surface area contributed by atoms with Crippen molar-refractivity contribution in [1.82, 2.24) is 9.71 Å². The van der Waals surface area contributed by atoms with Crippen LogP contribution in [-0.4, -0.2) is 19.9 Å². The Balaban J connectivity index is 1.98. The molecule has 0 aliphatic heterocycles. The van der Waals surface area contributed by atoms with Crippen molar-refractivity contribution in [3.63, 3.8) is 0 Å². The summed E-state index contributed by atoms with van der Waals surface area (Å²) in [5.41, 5.74) is 0.802. The zero-order valence-corrected chi connectivity index (χ0v) is 11.7. The third-order valence-corrected chi connectivity index (χ3v) is 4.17. The molecule has 0 saturated heterocycles. The number of sulfonamides is 1. The molecule has 0 radical (unpaired) electrons. The van der Waals surface area contributed by atoms with E-state index in [1.165, 1.54) is 0 Å². The molecule has 6 heteroatoms. The van der Waals surface area contributed by atoms with Gasteiger partial charge >= 0.3 is 0 Å². The average Bonchev–Trinajstić information content (AvgIpc) is 2.69. The minimum absolute atomic E-state index is 0.264. The number of nitrogens with one attached hydrogen (secondary N) is 1. The van der Waals surface area contributed by atoms with Gasteiger partial charge in [-0.25, -0.2) is 18.1 Å². The second kappa shape index (κ2) is 5.54. The Morgan fingerprint density at radius 3 is 2.47 bits per heavy atom. The molecule has 0 bridgehead atoms. The second-order valence-electron chi connectivity index (χ2n) is 4.20. The van der Waals surface area contributed by atoms with Gasteiger partial charge in [-0.05, 0) is 19.1 Å². The number of aryl methyl sites for hydroxylation is 2. The molecule has 0 aliphatic carbocycles. The smallest absolute Gasteiger partial charge is 0.240 e. The maximum absolute atomic E-state index is 12.0. The molecule has 0 fully saturated rings. The van der Waals surface area contributed by atoms with Crippen LogP contribution in [0.1, 0.15) is 17.3 Å². The number of aromatic nitrogens is 1. The van der Waals surface area contributed by atoms with E-state index in [-0.39, 0.29) is 11.4 Å². The lowest BCUT2D eigenvalue weighted by Gasteiger charge is -2.05. The second-order valence-corrected chi connectivity index (χ2v) is 5.97. The lowest BCUT2D eigenvalue weighted by atomic mass is 10.3. The largest absolute Gasteiger partial charge is 0.446 e. The lowest BCUT2D eigenvalue weighted by molar-refractivity contribution is 0.472. The molecule has 0 spiro atoms. The Hall–Kier alpha value is -1.66. The first-order valence-electron chi connectivity index (χ1n) is 5.96. The lowest BCUT2D eigenvalue weighted by Crippen LogP contribution is -2.26. The molecule has 1 heterocycles.